The smallest absolute Gasteiger partial charge is 0.226 e. The molecule has 1 saturated heterocycles. The van der Waals surface area contributed by atoms with Crippen LogP contribution in [-0.2, 0) is 0 Å². The van der Waals surface area contributed by atoms with E-state index in [9.17, 15) is 0 Å². The van der Waals surface area contributed by atoms with Crippen LogP contribution in [-0.4, -0.2) is 47.7 Å². The second kappa shape index (κ2) is 6.00. The molecule has 0 aromatic carbocycles. The SMILES string of the molecule is CCOc1ccnc(NC2CCN(C)CC2C)n1. The van der Waals surface area contributed by atoms with Crippen LogP contribution in [0.5, 0.6) is 5.88 Å². The van der Waals surface area contributed by atoms with Crippen LogP contribution in [0.1, 0.15) is 20.3 Å². The van der Waals surface area contributed by atoms with Crippen LogP contribution < -0.4 is 10.1 Å². The van der Waals surface area contributed by atoms with Crippen LogP contribution in [0.3, 0.4) is 0 Å². The lowest BCUT2D eigenvalue weighted by molar-refractivity contribution is 0.205. The zero-order chi connectivity index (χ0) is 13.0. The van der Waals surface area contributed by atoms with Gasteiger partial charge >= 0.3 is 0 Å². The van der Waals surface area contributed by atoms with Crippen molar-refractivity contribution in [2.24, 2.45) is 5.92 Å². The molecule has 2 rings (SSSR count). The van der Waals surface area contributed by atoms with E-state index in [1.807, 2.05) is 6.92 Å². The topological polar surface area (TPSA) is 50.3 Å². The third-order valence-electron chi connectivity index (χ3n) is 3.35. The van der Waals surface area contributed by atoms with Crippen LogP contribution in [0.25, 0.3) is 0 Å². The molecular weight excluding hydrogens is 228 g/mol. The third-order valence-corrected chi connectivity index (χ3v) is 3.35. The first-order valence-corrected chi connectivity index (χ1v) is 6.60. The highest BCUT2D eigenvalue weighted by Gasteiger charge is 2.24. The maximum atomic E-state index is 5.38. The molecule has 0 aliphatic carbocycles. The molecule has 0 radical (unpaired) electrons. The summed E-state index contributed by atoms with van der Waals surface area (Å²) >= 11 is 0. The van der Waals surface area contributed by atoms with E-state index in [1.165, 1.54) is 0 Å². The van der Waals surface area contributed by atoms with Gasteiger partial charge in [0, 0.05) is 24.8 Å². The Kier molecular flexibility index (Phi) is 4.36. The van der Waals surface area contributed by atoms with E-state index in [0.29, 0.717) is 30.4 Å². The number of nitrogens with zero attached hydrogens (tertiary/aromatic N) is 3. The molecule has 0 spiro atoms. The monoisotopic (exact) mass is 250 g/mol. The molecule has 18 heavy (non-hydrogen) atoms. The molecule has 1 aromatic rings. The third kappa shape index (κ3) is 3.32. The summed E-state index contributed by atoms with van der Waals surface area (Å²) in [6, 6.07) is 2.23. The van der Waals surface area contributed by atoms with E-state index >= 15 is 0 Å². The Balaban J connectivity index is 1.98. The number of piperidine rings is 1. The fourth-order valence-corrected chi connectivity index (χ4v) is 2.37. The van der Waals surface area contributed by atoms with Gasteiger partial charge < -0.3 is 15.0 Å². The fraction of sp³-hybridized carbons (Fsp3) is 0.692. The average Bonchev–Trinajstić information content (AvgIpc) is 2.34. The first-order valence-electron chi connectivity index (χ1n) is 6.60. The van der Waals surface area contributed by atoms with Crippen molar-refractivity contribution >= 4 is 5.95 Å². The first kappa shape index (κ1) is 13.1. The van der Waals surface area contributed by atoms with Gasteiger partial charge in [-0.2, -0.15) is 4.98 Å². The summed E-state index contributed by atoms with van der Waals surface area (Å²) < 4.78 is 5.38. The summed E-state index contributed by atoms with van der Waals surface area (Å²) in [6.07, 6.45) is 2.86. The highest BCUT2D eigenvalue weighted by Crippen LogP contribution is 2.19. The Morgan fingerprint density at radius 1 is 1.56 bits per heavy atom. The summed E-state index contributed by atoms with van der Waals surface area (Å²) in [5.41, 5.74) is 0. The van der Waals surface area contributed by atoms with Crippen molar-refractivity contribution in [2.45, 2.75) is 26.3 Å². The zero-order valence-electron chi connectivity index (χ0n) is 11.4. The minimum atomic E-state index is 0.443. The number of hydrogen-bond acceptors (Lipinski definition) is 5. The van der Waals surface area contributed by atoms with Gasteiger partial charge in [0.15, 0.2) is 0 Å². The van der Waals surface area contributed by atoms with Crippen LogP contribution in [0, 0.1) is 5.92 Å². The average molecular weight is 250 g/mol. The molecule has 0 amide bonds. The minimum Gasteiger partial charge on any atom is -0.478 e. The van der Waals surface area contributed by atoms with Gasteiger partial charge in [0.2, 0.25) is 11.8 Å². The van der Waals surface area contributed by atoms with E-state index in [1.54, 1.807) is 12.3 Å². The van der Waals surface area contributed by atoms with Crippen LogP contribution in [0.2, 0.25) is 0 Å². The number of hydrogen-bond donors (Lipinski definition) is 1. The fourth-order valence-electron chi connectivity index (χ4n) is 2.37. The molecule has 2 heterocycles. The predicted octanol–water partition coefficient (Wildman–Crippen LogP) is 1.63. The number of anilines is 1. The van der Waals surface area contributed by atoms with E-state index in [-0.39, 0.29) is 0 Å². The van der Waals surface area contributed by atoms with E-state index < -0.39 is 0 Å². The molecule has 100 valence electrons. The Morgan fingerprint density at radius 3 is 3.11 bits per heavy atom. The molecule has 1 aromatic heterocycles. The van der Waals surface area contributed by atoms with Crippen molar-refractivity contribution in [2.75, 3.05) is 32.1 Å². The van der Waals surface area contributed by atoms with Crippen LogP contribution in [0.4, 0.5) is 5.95 Å². The van der Waals surface area contributed by atoms with Crippen molar-refractivity contribution in [3.8, 4) is 5.88 Å². The lowest BCUT2D eigenvalue weighted by Crippen LogP contribution is -2.43. The Morgan fingerprint density at radius 2 is 2.39 bits per heavy atom. The number of ether oxygens (including phenoxy) is 1. The summed E-state index contributed by atoms with van der Waals surface area (Å²) in [5.74, 6) is 1.90. The summed E-state index contributed by atoms with van der Waals surface area (Å²) in [6.45, 7) is 7.07. The van der Waals surface area contributed by atoms with Gasteiger partial charge in [0.05, 0.1) is 6.61 Å². The second-order valence-corrected chi connectivity index (χ2v) is 4.93. The first-order chi connectivity index (χ1) is 8.69. The van der Waals surface area contributed by atoms with Crippen molar-refractivity contribution in [3.63, 3.8) is 0 Å². The Bertz CT molecular complexity index is 385. The summed E-state index contributed by atoms with van der Waals surface area (Å²) in [4.78, 5) is 11.0. The summed E-state index contributed by atoms with van der Waals surface area (Å²) in [7, 11) is 2.17. The van der Waals surface area contributed by atoms with Crippen molar-refractivity contribution in [1.82, 2.24) is 14.9 Å². The second-order valence-electron chi connectivity index (χ2n) is 4.93. The molecule has 2 atom stereocenters. The van der Waals surface area contributed by atoms with Gasteiger partial charge in [0.1, 0.15) is 0 Å². The zero-order valence-corrected chi connectivity index (χ0v) is 11.4. The number of nitrogens with one attached hydrogen (secondary N) is 1. The van der Waals surface area contributed by atoms with Gasteiger partial charge in [-0.25, -0.2) is 4.98 Å². The Hall–Kier alpha value is -1.36. The largest absolute Gasteiger partial charge is 0.478 e. The van der Waals surface area contributed by atoms with Gasteiger partial charge in [-0.3, -0.25) is 0 Å². The van der Waals surface area contributed by atoms with Gasteiger partial charge in [-0.05, 0) is 32.9 Å². The predicted molar refractivity (Wildman–Crippen MR) is 71.9 cm³/mol. The van der Waals surface area contributed by atoms with Crippen molar-refractivity contribution < 1.29 is 4.74 Å². The maximum absolute atomic E-state index is 5.38. The molecule has 1 aliphatic rings. The van der Waals surface area contributed by atoms with Crippen molar-refractivity contribution in [3.05, 3.63) is 12.3 Å². The molecule has 0 bridgehead atoms. The standard InChI is InChI=1S/C13H22N4O/c1-4-18-12-5-7-14-13(16-12)15-11-6-8-17(3)9-10(11)2/h5,7,10-11H,4,6,8-9H2,1-3H3,(H,14,15,16). The number of aromatic nitrogens is 2. The molecule has 2 unspecified atom stereocenters. The lowest BCUT2D eigenvalue weighted by atomic mass is 9.94. The van der Waals surface area contributed by atoms with E-state index in [0.717, 1.165) is 19.5 Å². The molecule has 1 fully saturated rings. The number of rotatable bonds is 4. The number of likely N-dealkylation sites (tertiary alicyclic amines) is 1. The summed E-state index contributed by atoms with van der Waals surface area (Å²) in [5, 5.41) is 3.42. The lowest BCUT2D eigenvalue weighted by Gasteiger charge is -2.35. The molecular formula is C13H22N4O. The molecule has 0 saturated carbocycles. The maximum Gasteiger partial charge on any atom is 0.226 e. The van der Waals surface area contributed by atoms with E-state index in [4.69, 9.17) is 4.74 Å². The highest BCUT2D eigenvalue weighted by atomic mass is 16.5. The molecule has 1 N–H and O–H groups in total. The van der Waals surface area contributed by atoms with Crippen molar-refractivity contribution in [1.29, 1.82) is 0 Å². The molecule has 1 aliphatic heterocycles. The van der Waals surface area contributed by atoms with Crippen LogP contribution in [0.15, 0.2) is 12.3 Å². The van der Waals surface area contributed by atoms with Gasteiger partial charge in [0.25, 0.3) is 0 Å². The van der Waals surface area contributed by atoms with Crippen LogP contribution >= 0.6 is 0 Å². The van der Waals surface area contributed by atoms with Gasteiger partial charge in [-0.1, -0.05) is 6.92 Å². The Labute approximate surface area is 109 Å². The highest BCUT2D eigenvalue weighted by molar-refractivity contribution is 5.29. The minimum absolute atomic E-state index is 0.443. The molecule has 5 heteroatoms. The van der Waals surface area contributed by atoms with E-state index in [2.05, 4.69) is 34.2 Å². The van der Waals surface area contributed by atoms with Gasteiger partial charge in [-0.15, -0.1) is 0 Å². The quantitative estimate of drug-likeness (QED) is 0.880. The molecule has 5 nitrogen and oxygen atoms in total. The normalized spacial score (nSPS) is 24.8.